The maximum Gasteiger partial charge on any atom is 0.430 e. The van der Waals surface area contributed by atoms with Crippen LogP contribution < -0.4 is 0 Å². The van der Waals surface area contributed by atoms with E-state index in [4.69, 9.17) is 4.74 Å². The summed E-state index contributed by atoms with van der Waals surface area (Å²) >= 11 is 0. The van der Waals surface area contributed by atoms with Crippen LogP contribution in [0.1, 0.15) is 18.9 Å². The molecule has 0 aromatic heterocycles. The van der Waals surface area contributed by atoms with Crippen molar-refractivity contribution in [3.8, 4) is 0 Å². The van der Waals surface area contributed by atoms with Crippen LogP contribution in [-0.4, -0.2) is 30.0 Å². The molecular formula is C13H16N2O2. The number of hydrogen-bond donors (Lipinski definition) is 0. The summed E-state index contributed by atoms with van der Waals surface area (Å²) in [7, 11) is 0. The normalized spacial score (nSPS) is 16.2. The molecule has 90 valence electrons. The van der Waals surface area contributed by atoms with E-state index in [0.29, 0.717) is 13.2 Å². The van der Waals surface area contributed by atoms with Gasteiger partial charge in [0.25, 0.3) is 0 Å². The highest BCUT2D eigenvalue weighted by atomic mass is 16.6. The Kier molecular flexibility index (Phi) is 3.75. The maximum absolute atomic E-state index is 11.2. The first-order chi connectivity index (χ1) is 8.25. The Bertz CT molecular complexity index is 415. The molecule has 2 rings (SSSR count). The van der Waals surface area contributed by atoms with Gasteiger partial charge in [-0.2, -0.15) is 10.1 Å². The number of carbonyl (C=O) groups excluding carboxylic acids is 1. The van der Waals surface area contributed by atoms with Crippen LogP contribution in [0, 0.1) is 0 Å². The molecule has 1 amide bonds. The Morgan fingerprint density at radius 1 is 1.41 bits per heavy atom. The average molecular weight is 232 g/mol. The van der Waals surface area contributed by atoms with Crippen LogP contribution in [0.3, 0.4) is 0 Å². The lowest BCUT2D eigenvalue weighted by Gasteiger charge is -2.07. The SMILES string of the molecule is C/C(CCc1ccccc1)=N\N1CCOC1=O. The minimum atomic E-state index is -0.343. The number of hydrazone groups is 1. The Labute approximate surface area is 101 Å². The number of carbonyl (C=O) groups is 1. The van der Waals surface area contributed by atoms with Crippen molar-refractivity contribution in [1.82, 2.24) is 5.01 Å². The van der Waals surface area contributed by atoms with Crippen LogP contribution in [0.15, 0.2) is 35.4 Å². The first-order valence-corrected chi connectivity index (χ1v) is 5.78. The van der Waals surface area contributed by atoms with Crippen LogP contribution in [-0.2, 0) is 11.2 Å². The van der Waals surface area contributed by atoms with E-state index in [2.05, 4.69) is 17.2 Å². The van der Waals surface area contributed by atoms with E-state index in [1.165, 1.54) is 10.6 Å². The number of aryl methyl sites for hydroxylation is 1. The molecule has 1 fully saturated rings. The minimum absolute atomic E-state index is 0.343. The van der Waals surface area contributed by atoms with E-state index in [1.54, 1.807) is 0 Å². The van der Waals surface area contributed by atoms with Crippen molar-refractivity contribution < 1.29 is 9.53 Å². The number of cyclic esters (lactones) is 1. The molecule has 0 saturated carbocycles. The Balaban J connectivity index is 1.86. The molecule has 4 nitrogen and oxygen atoms in total. The van der Waals surface area contributed by atoms with Crippen LogP contribution in [0.2, 0.25) is 0 Å². The molecule has 1 aliphatic rings. The summed E-state index contributed by atoms with van der Waals surface area (Å²) < 4.78 is 4.81. The number of hydrogen-bond acceptors (Lipinski definition) is 3. The fourth-order valence-corrected chi connectivity index (χ4v) is 1.70. The number of amides is 1. The zero-order valence-corrected chi connectivity index (χ0v) is 9.93. The van der Waals surface area contributed by atoms with E-state index in [9.17, 15) is 4.79 Å². The van der Waals surface area contributed by atoms with Gasteiger partial charge in [0.05, 0.1) is 6.54 Å². The largest absolute Gasteiger partial charge is 0.446 e. The summed E-state index contributed by atoms with van der Waals surface area (Å²) in [5, 5.41) is 5.64. The lowest BCUT2D eigenvalue weighted by atomic mass is 10.1. The molecule has 17 heavy (non-hydrogen) atoms. The Morgan fingerprint density at radius 3 is 2.82 bits per heavy atom. The van der Waals surface area contributed by atoms with E-state index >= 15 is 0 Å². The predicted molar refractivity (Wildman–Crippen MR) is 65.9 cm³/mol. The van der Waals surface area contributed by atoms with Gasteiger partial charge in [-0.25, -0.2) is 4.79 Å². The third kappa shape index (κ3) is 3.31. The number of nitrogens with zero attached hydrogens (tertiary/aromatic N) is 2. The van der Waals surface area contributed by atoms with Gasteiger partial charge in [-0.15, -0.1) is 0 Å². The maximum atomic E-state index is 11.2. The Morgan fingerprint density at radius 2 is 2.18 bits per heavy atom. The van der Waals surface area contributed by atoms with E-state index in [0.717, 1.165) is 18.6 Å². The van der Waals surface area contributed by atoms with Gasteiger partial charge in [-0.05, 0) is 25.3 Å². The second-order valence-electron chi connectivity index (χ2n) is 4.06. The predicted octanol–water partition coefficient (Wildman–Crippen LogP) is 2.45. The van der Waals surface area contributed by atoms with Gasteiger partial charge in [0.15, 0.2) is 0 Å². The third-order valence-corrected chi connectivity index (χ3v) is 2.65. The lowest BCUT2D eigenvalue weighted by Crippen LogP contribution is -2.19. The van der Waals surface area contributed by atoms with Crippen LogP contribution in [0.25, 0.3) is 0 Å². The number of rotatable bonds is 4. The van der Waals surface area contributed by atoms with Gasteiger partial charge in [-0.3, -0.25) is 0 Å². The molecule has 1 aliphatic heterocycles. The molecular weight excluding hydrogens is 216 g/mol. The molecule has 0 atom stereocenters. The van der Waals surface area contributed by atoms with Crippen molar-refractivity contribution in [3.05, 3.63) is 35.9 Å². The van der Waals surface area contributed by atoms with Crippen LogP contribution >= 0.6 is 0 Å². The molecule has 4 heteroatoms. The monoisotopic (exact) mass is 232 g/mol. The first kappa shape index (κ1) is 11.6. The summed E-state index contributed by atoms with van der Waals surface area (Å²) in [5.41, 5.74) is 2.23. The standard InChI is InChI=1S/C13H16N2O2/c1-11(14-15-9-10-17-13(15)16)7-8-12-5-3-2-4-6-12/h2-6H,7-10H2,1H3/b14-11+. The summed E-state index contributed by atoms with van der Waals surface area (Å²) in [6, 6.07) is 10.2. The zero-order chi connectivity index (χ0) is 12.1. The highest BCUT2D eigenvalue weighted by Crippen LogP contribution is 2.07. The Hall–Kier alpha value is -1.84. The molecule has 1 aromatic rings. The zero-order valence-electron chi connectivity index (χ0n) is 9.93. The van der Waals surface area contributed by atoms with Crippen molar-refractivity contribution in [2.24, 2.45) is 5.10 Å². The van der Waals surface area contributed by atoms with Gasteiger partial charge in [0.1, 0.15) is 6.61 Å². The number of ether oxygens (including phenoxy) is 1. The van der Waals surface area contributed by atoms with Crippen molar-refractivity contribution in [1.29, 1.82) is 0 Å². The number of benzene rings is 1. The molecule has 0 aliphatic carbocycles. The average Bonchev–Trinajstić information content (AvgIpc) is 2.74. The first-order valence-electron chi connectivity index (χ1n) is 5.78. The fraction of sp³-hybridized carbons (Fsp3) is 0.385. The van der Waals surface area contributed by atoms with Crippen molar-refractivity contribution in [3.63, 3.8) is 0 Å². The van der Waals surface area contributed by atoms with Crippen molar-refractivity contribution in [2.45, 2.75) is 19.8 Å². The summed E-state index contributed by atoms with van der Waals surface area (Å²) in [6.07, 6.45) is 1.46. The summed E-state index contributed by atoms with van der Waals surface area (Å²) in [5.74, 6) is 0. The summed E-state index contributed by atoms with van der Waals surface area (Å²) in [6.45, 7) is 2.93. The van der Waals surface area contributed by atoms with Crippen LogP contribution in [0.5, 0.6) is 0 Å². The summed E-state index contributed by atoms with van der Waals surface area (Å²) in [4.78, 5) is 11.2. The topological polar surface area (TPSA) is 41.9 Å². The second-order valence-corrected chi connectivity index (χ2v) is 4.06. The fourth-order valence-electron chi connectivity index (χ4n) is 1.70. The van der Waals surface area contributed by atoms with Crippen molar-refractivity contribution in [2.75, 3.05) is 13.2 Å². The van der Waals surface area contributed by atoms with Gasteiger partial charge in [0.2, 0.25) is 0 Å². The molecule has 1 saturated heterocycles. The highest BCUT2D eigenvalue weighted by Gasteiger charge is 2.21. The molecule has 1 aromatic carbocycles. The second kappa shape index (κ2) is 5.48. The van der Waals surface area contributed by atoms with Gasteiger partial charge in [0, 0.05) is 5.71 Å². The molecule has 0 spiro atoms. The van der Waals surface area contributed by atoms with Gasteiger partial charge in [-0.1, -0.05) is 30.3 Å². The van der Waals surface area contributed by atoms with E-state index in [1.807, 2.05) is 25.1 Å². The third-order valence-electron chi connectivity index (χ3n) is 2.65. The molecule has 1 heterocycles. The smallest absolute Gasteiger partial charge is 0.430 e. The minimum Gasteiger partial charge on any atom is -0.446 e. The van der Waals surface area contributed by atoms with Gasteiger partial charge < -0.3 is 4.74 Å². The molecule has 0 unspecified atom stereocenters. The van der Waals surface area contributed by atoms with Crippen LogP contribution in [0.4, 0.5) is 4.79 Å². The molecule has 0 radical (unpaired) electrons. The van der Waals surface area contributed by atoms with Gasteiger partial charge >= 0.3 is 6.09 Å². The highest BCUT2D eigenvalue weighted by molar-refractivity contribution is 5.83. The molecule has 0 bridgehead atoms. The lowest BCUT2D eigenvalue weighted by molar-refractivity contribution is 0.159. The van der Waals surface area contributed by atoms with E-state index < -0.39 is 0 Å². The quantitative estimate of drug-likeness (QED) is 0.748. The molecule has 0 N–H and O–H groups in total. The van der Waals surface area contributed by atoms with Crippen molar-refractivity contribution >= 4 is 11.8 Å². The van der Waals surface area contributed by atoms with E-state index in [-0.39, 0.29) is 6.09 Å².